The number of hydrogen-bond acceptors (Lipinski definition) is 8. The third-order valence-corrected chi connectivity index (χ3v) is 8.73. The second-order valence-corrected chi connectivity index (χ2v) is 12.5. The summed E-state index contributed by atoms with van der Waals surface area (Å²) in [4.78, 5) is 35.1. The van der Waals surface area contributed by atoms with Gasteiger partial charge in [-0.05, 0) is 25.5 Å². The quantitative estimate of drug-likeness (QED) is 0.467. The first-order chi connectivity index (χ1) is 17.6. The van der Waals surface area contributed by atoms with Gasteiger partial charge in [0.15, 0.2) is 19.7 Å². The number of hydrogen-bond donors (Lipinski definition) is 0. The van der Waals surface area contributed by atoms with Gasteiger partial charge >= 0.3 is 0 Å². The summed E-state index contributed by atoms with van der Waals surface area (Å²) in [7, 11) is -7.75. The van der Waals surface area contributed by atoms with Crippen LogP contribution in [0.2, 0.25) is 0 Å². The second kappa shape index (κ2) is 10.7. The molecule has 0 fully saturated rings. The number of nitrogens with zero attached hydrogens (tertiary/aromatic N) is 2. The van der Waals surface area contributed by atoms with Gasteiger partial charge in [0.1, 0.15) is 11.4 Å². The topological polar surface area (TPSA) is 128 Å². The number of rotatable bonds is 8. The van der Waals surface area contributed by atoms with Gasteiger partial charge in [0.05, 0.1) is 33.5 Å². The molecule has 10 heteroatoms. The summed E-state index contributed by atoms with van der Waals surface area (Å²) in [6.45, 7) is 1.79. The van der Waals surface area contributed by atoms with E-state index >= 15 is 0 Å². The number of benzene rings is 1. The maximum Gasteiger partial charge on any atom is 0.214 e. The highest BCUT2D eigenvalue weighted by Crippen LogP contribution is 2.29. The molecule has 0 radical (unpaired) electrons. The Bertz CT molecular complexity index is 1630. The largest absolute Gasteiger partial charge is 0.287 e. The van der Waals surface area contributed by atoms with E-state index in [0.717, 1.165) is 0 Å². The number of carbonyl (C=O) groups excluding carboxylic acids is 2. The van der Waals surface area contributed by atoms with Crippen molar-refractivity contribution in [1.29, 1.82) is 0 Å². The summed E-state index contributed by atoms with van der Waals surface area (Å²) in [6.07, 6.45) is 13.5. The lowest BCUT2D eigenvalue weighted by Crippen LogP contribution is -2.27. The fraction of sp³-hybridized carbons (Fsp3) is 0.185. The van der Waals surface area contributed by atoms with E-state index in [1.807, 2.05) is 0 Å². The predicted octanol–water partition coefficient (Wildman–Crippen LogP) is 3.69. The van der Waals surface area contributed by atoms with Crippen LogP contribution in [0.15, 0.2) is 95.0 Å². The van der Waals surface area contributed by atoms with Crippen molar-refractivity contribution >= 4 is 31.2 Å². The molecule has 0 bridgehead atoms. The van der Waals surface area contributed by atoms with Gasteiger partial charge in [-0.15, -0.1) is 0 Å². The monoisotopic (exact) mass is 536 g/mol. The fourth-order valence-corrected chi connectivity index (χ4v) is 6.38. The van der Waals surface area contributed by atoms with Crippen molar-refractivity contribution in [3.05, 3.63) is 113 Å². The molecule has 0 spiro atoms. The second-order valence-electron chi connectivity index (χ2n) is 8.42. The molecule has 1 aromatic carbocycles. The molecular formula is C27H24N2O6S2. The van der Waals surface area contributed by atoms with E-state index in [4.69, 9.17) is 0 Å². The Kier molecular flexibility index (Phi) is 7.60. The lowest BCUT2D eigenvalue weighted by atomic mass is 9.89. The smallest absolute Gasteiger partial charge is 0.214 e. The Labute approximate surface area is 215 Å². The lowest BCUT2D eigenvalue weighted by molar-refractivity contribution is 0.0972. The Balaban J connectivity index is 1.83. The zero-order chi connectivity index (χ0) is 26.6. The van der Waals surface area contributed by atoms with Crippen LogP contribution in [0.25, 0.3) is 0 Å². The van der Waals surface area contributed by atoms with Crippen molar-refractivity contribution in [2.45, 2.75) is 29.7 Å². The summed E-state index contributed by atoms with van der Waals surface area (Å²) >= 11 is 0. The van der Waals surface area contributed by atoms with Gasteiger partial charge in [0, 0.05) is 11.1 Å². The number of fused-ring (bicyclic) bond motifs is 1. The molecule has 4 rings (SSSR count). The molecule has 0 saturated carbocycles. The van der Waals surface area contributed by atoms with Gasteiger partial charge in [-0.1, -0.05) is 66.8 Å². The Hall–Kier alpha value is -3.76. The predicted molar refractivity (Wildman–Crippen MR) is 139 cm³/mol. The third-order valence-electron chi connectivity index (χ3n) is 5.68. The molecule has 0 aliphatic heterocycles. The first-order valence-electron chi connectivity index (χ1n) is 11.5. The summed E-state index contributed by atoms with van der Waals surface area (Å²) < 4.78 is 52.0. The molecule has 37 heavy (non-hydrogen) atoms. The third kappa shape index (κ3) is 5.81. The number of aromatic nitrogens is 2. The van der Waals surface area contributed by atoms with Crippen LogP contribution in [-0.2, 0) is 31.2 Å². The Morgan fingerprint density at radius 1 is 0.811 bits per heavy atom. The number of ketones is 2. The minimum atomic E-state index is -3.96. The first-order valence-corrected chi connectivity index (χ1v) is 14.9. The molecule has 0 unspecified atom stereocenters. The highest BCUT2D eigenvalue weighted by atomic mass is 32.2. The number of sulfone groups is 2. The average Bonchev–Trinajstić information content (AvgIpc) is 3.13. The molecule has 0 saturated heterocycles. The van der Waals surface area contributed by atoms with Gasteiger partial charge in [-0.2, -0.15) is 0 Å². The summed E-state index contributed by atoms with van der Waals surface area (Å²) in [5, 5.41) is 0. The van der Waals surface area contributed by atoms with Crippen LogP contribution in [-0.4, -0.2) is 44.1 Å². The molecule has 8 nitrogen and oxygen atoms in total. The van der Waals surface area contributed by atoms with Gasteiger partial charge in [0.2, 0.25) is 11.6 Å². The molecule has 190 valence electrons. The summed E-state index contributed by atoms with van der Waals surface area (Å²) in [5.74, 6) is -2.78. The van der Waals surface area contributed by atoms with Crippen LogP contribution in [0.5, 0.6) is 0 Å². The van der Waals surface area contributed by atoms with Gasteiger partial charge in [0.25, 0.3) is 0 Å². The minimum absolute atomic E-state index is 0.0156. The fourth-order valence-electron chi connectivity index (χ4n) is 3.88. The SMILES string of the molecule is C/C=C\C=C/CS(=O)(=O)Cc1nc2c(nc1CS(=O)(=O)c1ccccc1)C(=O)C1=C(C=CCC=C1)C2=O. The van der Waals surface area contributed by atoms with Crippen LogP contribution in [0.4, 0.5) is 0 Å². The number of Topliss-reactive ketones (excluding diaryl/α,β-unsaturated/α-hetero) is 2. The van der Waals surface area contributed by atoms with Crippen molar-refractivity contribution in [1.82, 2.24) is 9.97 Å². The molecule has 2 aliphatic rings. The van der Waals surface area contributed by atoms with E-state index in [1.165, 1.54) is 30.4 Å². The van der Waals surface area contributed by atoms with Crippen LogP contribution in [0, 0.1) is 0 Å². The molecule has 0 atom stereocenters. The zero-order valence-electron chi connectivity index (χ0n) is 20.0. The van der Waals surface area contributed by atoms with Crippen molar-refractivity contribution in [3.63, 3.8) is 0 Å². The van der Waals surface area contributed by atoms with Crippen molar-refractivity contribution in [2.24, 2.45) is 0 Å². The normalized spacial score (nSPS) is 15.9. The van der Waals surface area contributed by atoms with E-state index in [0.29, 0.717) is 6.42 Å². The van der Waals surface area contributed by atoms with E-state index in [-0.39, 0.29) is 44.6 Å². The van der Waals surface area contributed by atoms with Crippen molar-refractivity contribution < 1.29 is 26.4 Å². The van der Waals surface area contributed by atoms with Crippen molar-refractivity contribution in [2.75, 3.05) is 5.75 Å². The van der Waals surface area contributed by atoms with Crippen LogP contribution in [0.3, 0.4) is 0 Å². The standard InChI is InChI=1S/C27H24N2O6S2/c1-2-3-4-11-16-36(32,33)17-22-23(18-37(34,35)19-12-7-5-8-13-19)29-25-24(28-22)26(30)20-14-9-6-10-15-21(20)27(25)31/h2-5,7-15H,6,16-18H2,1H3/b3-2-,11-4-. The Morgan fingerprint density at radius 3 is 1.95 bits per heavy atom. The van der Waals surface area contributed by atoms with Gasteiger partial charge in [-0.25, -0.2) is 26.8 Å². The molecule has 1 aromatic heterocycles. The number of carbonyl (C=O) groups is 2. The summed E-state index contributed by atoms with van der Waals surface area (Å²) in [5.41, 5.74) is -0.617. The van der Waals surface area contributed by atoms with Crippen molar-refractivity contribution in [3.8, 4) is 0 Å². The summed E-state index contributed by atoms with van der Waals surface area (Å²) in [6, 6.07) is 7.63. The van der Waals surface area contributed by atoms with E-state index in [2.05, 4.69) is 9.97 Å². The Morgan fingerprint density at radius 2 is 1.38 bits per heavy atom. The highest BCUT2D eigenvalue weighted by molar-refractivity contribution is 7.91. The molecule has 1 heterocycles. The maximum atomic E-state index is 13.3. The molecular weight excluding hydrogens is 512 g/mol. The van der Waals surface area contributed by atoms with Crippen LogP contribution in [0.1, 0.15) is 45.7 Å². The highest BCUT2D eigenvalue weighted by Gasteiger charge is 2.35. The zero-order valence-corrected chi connectivity index (χ0v) is 21.6. The average molecular weight is 537 g/mol. The van der Waals surface area contributed by atoms with E-state index < -0.39 is 42.7 Å². The molecule has 2 aromatic rings. The molecule has 0 N–H and O–H groups in total. The van der Waals surface area contributed by atoms with Gasteiger partial charge in [-0.3, -0.25) is 9.59 Å². The lowest BCUT2D eigenvalue weighted by Gasteiger charge is -2.19. The molecule has 2 aliphatic carbocycles. The minimum Gasteiger partial charge on any atom is -0.287 e. The first kappa shape index (κ1) is 26.3. The van der Waals surface area contributed by atoms with Crippen LogP contribution >= 0.6 is 0 Å². The maximum absolute atomic E-state index is 13.3. The van der Waals surface area contributed by atoms with E-state index in [9.17, 15) is 26.4 Å². The van der Waals surface area contributed by atoms with E-state index in [1.54, 1.807) is 55.5 Å². The van der Waals surface area contributed by atoms with Gasteiger partial charge < -0.3 is 0 Å². The molecule has 0 amide bonds. The number of allylic oxidation sites excluding steroid dienone is 9. The van der Waals surface area contributed by atoms with Crippen LogP contribution < -0.4 is 0 Å².